The molecule has 2 bridgehead atoms. The molecule has 2 aliphatic heterocycles. The minimum Gasteiger partial charge on any atom is -0.300 e. The zero-order chi connectivity index (χ0) is 12.4. The summed E-state index contributed by atoms with van der Waals surface area (Å²) in [4.78, 5) is 2.60. The van der Waals surface area contributed by atoms with E-state index in [1.807, 2.05) is 0 Å². The molecule has 2 fully saturated rings. The lowest BCUT2D eigenvalue weighted by molar-refractivity contribution is 0.106. The van der Waals surface area contributed by atoms with E-state index >= 15 is 0 Å². The molecule has 0 aromatic rings. The summed E-state index contributed by atoms with van der Waals surface area (Å²) >= 11 is 0. The molecule has 4 atom stereocenters. The third-order valence-corrected chi connectivity index (χ3v) is 5.27. The highest BCUT2D eigenvalue weighted by molar-refractivity contribution is 4.96. The first-order valence-electron chi connectivity index (χ1n) is 7.33. The van der Waals surface area contributed by atoms with Crippen molar-refractivity contribution in [1.82, 2.24) is 10.3 Å². The van der Waals surface area contributed by atoms with E-state index < -0.39 is 0 Å². The van der Waals surface area contributed by atoms with Crippen molar-refractivity contribution in [1.29, 1.82) is 0 Å². The van der Waals surface area contributed by atoms with Gasteiger partial charge in [0, 0.05) is 18.1 Å². The average Bonchev–Trinajstić information content (AvgIpc) is 2.58. The molecule has 0 saturated carbocycles. The van der Waals surface area contributed by atoms with Crippen LogP contribution in [-0.2, 0) is 0 Å². The highest BCUT2D eigenvalue weighted by atomic mass is 15.2. The molecule has 0 aromatic heterocycles. The quantitative estimate of drug-likeness (QED) is 0.570. The third kappa shape index (κ3) is 2.83. The van der Waals surface area contributed by atoms with Crippen molar-refractivity contribution in [3.05, 3.63) is 0 Å². The summed E-state index contributed by atoms with van der Waals surface area (Å²) in [6.07, 6.45) is 7.99. The molecular formula is C14H29N3. The Balaban J connectivity index is 1.93. The molecule has 4 unspecified atom stereocenters. The van der Waals surface area contributed by atoms with E-state index in [9.17, 15) is 0 Å². The van der Waals surface area contributed by atoms with Gasteiger partial charge in [-0.05, 0) is 51.0 Å². The van der Waals surface area contributed by atoms with Gasteiger partial charge in [0.25, 0.3) is 0 Å². The van der Waals surface area contributed by atoms with E-state index in [0.29, 0.717) is 6.04 Å². The van der Waals surface area contributed by atoms with Crippen molar-refractivity contribution in [2.24, 2.45) is 17.7 Å². The van der Waals surface area contributed by atoms with Crippen LogP contribution in [0.1, 0.15) is 52.4 Å². The van der Waals surface area contributed by atoms with E-state index in [4.69, 9.17) is 5.84 Å². The molecule has 3 nitrogen and oxygen atoms in total. The summed E-state index contributed by atoms with van der Waals surface area (Å²) in [5, 5.41) is 0. The Hall–Kier alpha value is -0.120. The van der Waals surface area contributed by atoms with Crippen LogP contribution in [0.15, 0.2) is 0 Å². The summed E-state index contributed by atoms with van der Waals surface area (Å²) in [5.41, 5.74) is 3.10. The molecule has 17 heavy (non-hydrogen) atoms. The molecule has 0 spiro atoms. The fraction of sp³-hybridized carbons (Fsp3) is 1.00. The Morgan fingerprint density at radius 3 is 2.35 bits per heavy atom. The third-order valence-electron chi connectivity index (χ3n) is 5.27. The molecule has 0 aromatic carbocycles. The fourth-order valence-corrected chi connectivity index (χ4v) is 3.78. The normalized spacial score (nSPS) is 37.1. The smallest absolute Gasteiger partial charge is 0.0242 e. The number of fused-ring (bicyclic) bond motifs is 2. The largest absolute Gasteiger partial charge is 0.300 e. The number of nitrogens with one attached hydrogen (secondary N) is 1. The lowest BCUT2D eigenvalue weighted by Crippen LogP contribution is -2.49. The number of rotatable bonds is 5. The number of hydrogen-bond acceptors (Lipinski definition) is 3. The van der Waals surface area contributed by atoms with Crippen molar-refractivity contribution in [3.63, 3.8) is 0 Å². The van der Waals surface area contributed by atoms with E-state index in [0.717, 1.165) is 23.9 Å². The molecule has 2 rings (SSSR count). The maximum absolute atomic E-state index is 5.79. The second kappa shape index (κ2) is 5.68. The second-order valence-electron chi connectivity index (χ2n) is 6.30. The zero-order valence-electron chi connectivity index (χ0n) is 11.7. The Morgan fingerprint density at radius 1 is 1.29 bits per heavy atom. The SMILES string of the molecule is CCC(C)CC(NN)C1CC2CCC(C1)N2C. The molecule has 100 valence electrons. The van der Waals surface area contributed by atoms with Crippen LogP contribution in [0, 0.1) is 11.8 Å². The molecule has 0 aliphatic carbocycles. The monoisotopic (exact) mass is 239 g/mol. The second-order valence-corrected chi connectivity index (χ2v) is 6.30. The summed E-state index contributed by atoms with van der Waals surface area (Å²) in [7, 11) is 2.30. The van der Waals surface area contributed by atoms with E-state index in [-0.39, 0.29) is 0 Å². The minimum absolute atomic E-state index is 0.529. The first-order valence-corrected chi connectivity index (χ1v) is 7.33. The molecule has 2 saturated heterocycles. The highest BCUT2D eigenvalue weighted by Crippen LogP contribution is 2.39. The predicted octanol–water partition coefficient (Wildman–Crippen LogP) is 2.13. The van der Waals surface area contributed by atoms with Crippen LogP contribution in [-0.4, -0.2) is 30.1 Å². The predicted molar refractivity (Wildman–Crippen MR) is 72.5 cm³/mol. The standard InChI is InChI=1S/C14H29N3/c1-4-10(2)7-14(16-15)11-8-12-5-6-13(9-11)17(12)3/h10-14,16H,4-9,15H2,1-3H3. The van der Waals surface area contributed by atoms with Gasteiger partial charge in [-0.25, -0.2) is 0 Å². The van der Waals surface area contributed by atoms with Crippen molar-refractivity contribution in [3.8, 4) is 0 Å². The average molecular weight is 239 g/mol. The van der Waals surface area contributed by atoms with Gasteiger partial charge in [-0.3, -0.25) is 11.3 Å². The van der Waals surface area contributed by atoms with Crippen LogP contribution in [0.4, 0.5) is 0 Å². The molecule has 0 radical (unpaired) electrons. The lowest BCUT2D eigenvalue weighted by atomic mass is 9.81. The van der Waals surface area contributed by atoms with Crippen LogP contribution >= 0.6 is 0 Å². The number of nitrogens with zero attached hydrogens (tertiary/aromatic N) is 1. The van der Waals surface area contributed by atoms with E-state index in [2.05, 4.69) is 31.2 Å². The van der Waals surface area contributed by atoms with Gasteiger partial charge in [-0.15, -0.1) is 0 Å². The van der Waals surface area contributed by atoms with Crippen LogP contribution in [0.3, 0.4) is 0 Å². The number of hydrogen-bond donors (Lipinski definition) is 2. The van der Waals surface area contributed by atoms with Crippen LogP contribution in [0.2, 0.25) is 0 Å². The Labute approximate surface area is 106 Å². The first-order chi connectivity index (χ1) is 8.15. The topological polar surface area (TPSA) is 41.3 Å². The number of nitrogens with two attached hydrogens (primary N) is 1. The minimum atomic E-state index is 0.529. The van der Waals surface area contributed by atoms with Crippen molar-refractivity contribution < 1.29 is 0 Å². The maximum Gasteiger partial charge on any atom is 0.0242 e. The van der Waals surface area contributed by atoms with Gasteiger partial charge in [0.1, 0.15) is 0 Å². The van der Waals surface area contributed by atoms with E-state index in [1.54, 1.807) is 0 Å². The van der Waals surface area contributed by atoms with Gasteiger partial charge >= 0.3 is 0 Å². The zero-order valence-corrected chi connectivity index (χ0v) is 11.7. The van der Waals surface area contributed by atoms with Crippen molar-refractivity contribution >= 4 is 0 Å². The highest BCUT2D eigenvalue weighted by Gasteiger charge is 2.40. The van der Waals surface area contributed by atoms with Gasteiger partial charge in [-0.1, -0.05) is 20.3 Å². The lowest BCUT2D eigenvalue weighted by Gasteiger charge is -2.40. The van der Waals surface area contributed by atoms with Crippen LogP contribution in [0.5, 0.6) is 0 Å². The first kappa shape index (κ1) is 13.3. The summed E-state index contributed by atoms with van der Waals surface area (Å²) in [5.74, 6) is 7.37. The van der Waals surface area contributed by atoms with E-state index in [1.165, 1.54) is 38.5 Å². The molecule has 3 heteroatoms. The maximum atomic E-state index is 5.79. The fourth-order valence-electron chi connectivity index (χ4n) is 3.78. The van der Waals surface area contributed by atoms with Crippen LogP contribution < -0.4 is 11.3 Å². The Bertz CT molecular complexity index is 230. The Kier molecular flexibility index (Phi) is 4.45. The van der Waals surface area contributed by atoms with Crippen molar-refractivity contribution in [2.45, 2.75) is 70.5 Å². The molecule has 0 amide bonds. The van der Waals surface area contributed by atoms with Gasteiger partial charge < -0.3 is 4.90 Å². The van der Waals surface area contributed by atoms with Gasteiger partial charge in [0.15, 0.2) is 0 Å². The summed E-state index contributed by atoms with van der Waals surface area (Å²) in [6.45, 7) is 4.62. The Morgan fingerprint density at radius 2 is 1.88 bits per heavy atom. The van der Waals surface area contributed by atoms with Gasteiger partial charge in [0.2, 0.25) is 0 Å². The molecular weight excluding hydrogens is 210 g/mol. The molecule has 2 aliphatic rings. The van der Waals surface area contributed by atoms with Crippen molar-refractivity contribution in [2.75, 3.05) is 7.05 Å². The number of piperidine rings is 1. The number of hydrazine groups is 1. The van der Waals surface area contributed by atoms with Crippen LogP contribution in [0.25, 0.3) is 0 Å². The van der Waals surface area contributed by atoms with Gasteiger partial charge in [-0.2, -0.15) is 0 Å². The van der Waals surface area contributed by atoms with Gasteiger partial charge in [0.05, 0.1) is 0 Å². The summed E-state index contributed by atoms with van der Waals surface area (Å²) in [6, 6.07) is 2.18. The molecule has 3 N–H and O–H groups in total. The molecule has 2 heterocycles. The summed E-state index contributed by atoms with van der Waals surface area (Å²) < 4.78 is 0.